The summed E-state index contributed by atoms with van der Waals surface area (Å²) in [6.07, 6.45) is 3.44. The Kier molecular flexibility index (Phi) is 6.05. The van der Waals surface area contributed by atoms with Crippen LogP contribution in [0.5, 0.6) is 5.75 Å². The molecule has 0 spiro atoms. The number of benzene rings is 3. The van der Waals surface area contributed by atoms with Gasteiger partial charge in [-0.3, -0.25) is 0 Å². The summed E-state index contributed by atoms with van der Waals surface area (Å²) >= 11 is 0. The lowest BCUT2D eigenvalue weighted by Crippen LogP contribution is -2.29. The number of hydrogen-bond acceptors (Lipinski definition) is 3. The molecular weight excluding hydrogens is 374 g/mol. The molecule has 3 aromatic carbocycles. The van der Waals surface area contributed by atoms with Crippen molar-refractivity contribution in [3.05, 3.63) is 77.4 Å². The Labute approximate surface area is 177 Å². The normalized spacial score (nSPS) is 19.7. The van der Waals surface area contributed by atoms with Crippen LogP contribution in [0.2, 0.25) is 0 Å². The van der Waals surface area contributed by atoms with E-state index in [2.05, 4.69) is 66.8 Å². The van der Waals surface area contributed by atoms with Gasteiger partial charge < -0.3 is 15.2 Å². The first-order chi connectivity index (χ1) is 14.5. The zero-order valence-electron chi connectivity index (χ0n) is 17.6. The second-order valence-electron chi connectivity index (χ2n) is 8.37. The zero-order valence-corrected chi connectivity index (χ0v) is 17.6. The maximum absolute atomic E-state index is 10.7. The summed E-state index contributed by atoms with van der Waals surface area (Å²) < 4.78 is 5.36. The van der Waals surface area contributed by atoms with E-state index in [1.54, 1.807) is 0 Å². The maximum Gasteiger partial charge on any atom is 0.341 e. The molecule has 1 unspecified atom stereocenters. The molecule has 1 fully saturated rings. The SMILES string of the molecule is Cc1cc([C@@H]2CCC(N[C@H](C)c3cccc4ccccc34)C2)ccc1OCC(=O)O. The smallest absolute Gasteiger partial charge is 0.341 e. The molecule has 0 amide bonds. The maximum atomic E-state index is 10.7. The van der Waals surface area contributed by atoms with Gasteiger partial charge in [0.1, 0.15) is 5.75 Å². The summed E-state index contributed by atoms with van der Waals surface area (Å²) in [5, 5.41) is 15.3. The highest BCUT2D eigenvalue weighted by molar-refractivity contribution is 5.86. The number of rotatable bonds is 7. The van der Waals surface area contributed by atoms with E-state index in [0.717, 1.165) is 24.8 Å². The molecule has 3 aromatic rings. The van der Waals surface area contributed by atoms with Gasteiger partial charge in [0.05, 0.1) is 0 Å². The van der Waals surface area contributed by atoms with Crippen molar-refractivity contribution in [3.63, 3.8) is 0 Å². The minimum atomic E-state index is -0.955. The Hall–Kier alpha value is -2.85. The topological polar surface area (TPSA) is 58.6 Å². The van der Waals surface area contributed by atoms with Gasteiger partial charge in [0, 0.05) is 12.1 Å². The highest BCUT2D eigenvalue weighted by Gasteiger charge is 2.27. The number of carbonyl (C=O) groups is 1. The van der Waals surface area contributed by atoms with E-state index in [1.807, 2.05) is 13.0 Å². The number of fused-ring (bicyclic) bond motifs is 1. The van der Waals surface area contributed by atoms with Crippen LogP contribution in [-0.4, -0.2) is 23.7 Å². The van der Waals surface area contributed by atoms with Crippen LogP contribution in [0.25, 0.3) is 10.8 Å². The molecule has 4 rings (SSSR count). The first kappa shape index (κ1) is 20.4. The van der Waals surface area contributed by atoms with E-state index in [1.165, 1.54) is 21.9 Å². The molecule has 0 saturated heterocycles. The van der Waals surface area contributed by atoms with Crippen molar-refractivity contribution < 1.29 is 14.6 Å². The Balaban J connectivity index is 1.41. The predicted octanol–water partition coefficient (Wildman–Crippen LogP) is 5.60. The third kappa shape index (κ3) is 4.49. The van der Waals surface area contributed by atoms with Gasteiger partial charge in [-0.25, -0.2) is 4.79 Å². The lowest BCUT2D eigenvalue weighted by Gasteiger charge is -2.22. The molecule has 1 saturated carbocycles. The molecule has 0 bridgehead atoms. The molecule has 0 aromatic heterocycles. The van der Waals surface area contributed by atoms with E-state index >= 15 is 0 Å². The Morgan fingerprint density at radius 2 is 1.93 bits per heavy atom. The van der Waals surface area contributed by atoms with Crippen molar-refractivity contribution in [2.45, 2.75) is 51.1 Å². The van der Waals surface area contributed by atoms with E-state index in [4.69, 9.17) is 9.84 Å². The monoisotopic (exact) mass is 403 g/mol. The average Bonchev–Trinajstić information content (AvgIpc) is 3.20. The molecule has 0 radical (unpaired) electrons. The van der Waals surface area contributed by atoms with Crippen LogP contribution < -0.4 is 10.1 Å². The van der Waals surface area contributed by atoms with E-state index < -0.39 is 5.97 Å². The largest absolute Gasteiger partial charge is 0.482 e. The number of aryl methyl sites for hydroxylation is 1. The van der Waals surface area contributed by atoms with E-state index in [-0.39, 0.29) is 6.61 Å². The molecule has 1 aliphatic carbocycles. The highest BCUT2D eigenvalue weighted by Crippen LogP contribution is 2.37. The first-order valence-electron chi connectivity index (χ1n) is 10.7. The summed E-state index contributed by atoms with van der Waals surface area (Å²) in [5.41, 5.74) is 3.67. The molecule has 4 heteroatoms. The second kappa shape index (κ2) is 8.88. The number of ether oxygens (including phenoxy) is 1. The van der Waals surface area contributed by atoms with Crippen LogP contribution in [0.15, 0.2) is 60.7 Å². The number of hydrogen-bond donors (Lipinski definition) is 2. The van der Waals surface area contributed by atoms with Gasteiger partial charge in [0.2, 0.25) is 0 Å². The van der Waals surface area contributed by atoms with Gasteiger partial charge in [0.25, 0.3) is 0 Å². The van der Waals surface area contributed by atoms with Crippen LogP contribution in [0.4, 0.5) is 0 Å². The molecule has 3 atom stereocenters. The molecule has 156 valence electrons. The summed E-state index contributed by atoms with van der Waals surface area (Å²) in [6, 6.07) is 22.1. The molecule has 1 aliphatic rings. The first-order valence-corrected chi connectivity index (χ1v) is 10.7. The fraction of sp³-hybridized carbons (Fsp3) is 0.346. The molecule has 0 heterocycles. The Bertz CT molecular complexity index is 1040. The van der Waals surface area contributed by atoms with Gasteiger partial charge in [-0.1, -0.05) is 54.6 Å². The van der Waals surface area contributed by atoms with Crippen LogP contribution in [0.1, 0.15) is 54.8 Å². The van der Waals surface area contributed by atoms with Crippen molar-refractivity contribution in [1.29, 1.82) is 0 Å². The number of carboxylic acid groups (broad SMARTS) is 1. The number of nitrogens with one attached hydrogen (secondary N) is 1. The highest BCUT2D eigenvalue weighted by atomic mass is 16.5. The van der Waals surface area contributed by atoms with Crippen molar-refractivity contribution in [1.82, 2.24) is 5.32 Å². The van der Waals surface area contributed by atoms with Crippen LogP contribution in [0, 0.1) is 6.92 Å². The molecule has 0 aliphatic heterocycles. The summed E-state index contributed by atoms with van der Waals surface area (Å²) in [5.74, 6) is 0.219. The van der Waals surface area contributed by atoms with Crippen molar-refractivity contribution in [3.8, 4) is 5.75 Å². The van der Waals surface area contributed by atoms with Crippen LogP contribution in [-0.2, 0) is 4.79 Å². The quantitative estimate of drug-likeness (QED) is 0.539. The van der Waals surface area contributed by atoms with Crippen molar-refractivity contribution >= 4 is 16.7 Å². The van der Waals surface area contributed by atoms with Crippen molar-refractivity contribution in [2.75, 3.05) is 6.61 Å². The lowest BCUT2D eigenvalue weighted by molar-refractivity contribution is -0.139. The number of carboxylic acids is 1. The van der Waals surface area contributed by atoms with Crippen LogP contribution in [0.3, 0.4) is 0 Å². The average molecular weight is 404 g/mol. The molecule has 2 N–H and O–H groups in total. The standard InChI is InChI=1S/C26H29NO3/c1-17-14-20(11-13-25(17)30-16-26(28)29)21-10-12-22(15-21)27-18(2)23-9-5-7-19-6-3-4-8-24(19)23/h3-9,11,13-14,18,21-22,27H,10,12,15-16H2,1-2H3,(H,28,29)/t18-,21-,22?/m1/s1. The van der Waals surface area contributed by atoms with E-state index in [0.29, 0.717) is 23.8 Å². The third-order valence-corrected chi connectivity index (χ3v) is 6.23. The molecular formula is C26H29NO3. The Morgan fingerprint density at radius 3 is 2.73 bits per heavy atom. The summed E-state index contributed by atoms with van der Waals surface area (Å²) in [4.78, 5) is 10.7. The van der Waals surface area contributed by atoms with Crippen LogP contribution >= 0.6 is 0 Å². The zero-order chi connectivity index (χ0) is 21.1. The fourth-order valence-electron chi connectivity index (χ4n) is 4.73. The van der Waals surface area contributed by atoms with Gasteiger partial charge in [-0.2, -0.15) is 0 Å². The minimum absolute atomic E-state index is 0.299. The fourth-order valence-corrected chi connectivity index (χ4v) is 4.73. The lowest BCUT2D eigenvalue weighted by atomic mass is 9.95. The summed E-state index contributed by atoms with van der Waals surface area (Å²) in [6.45, 7) is 3.93. The third-order valence-electron chi connectivity index (χ3n) is 6.23. The number of aliphatic carboxylic acids is 1. The van der Waals surface area contributed by atoms with Gasteiger partial charge in [-0.15, -0.1) is 0 Å². The van der Waals surface area contributed by atoms with Crippen molar-refractivity contribution in [2.24, 2.45) is 0 Å². The summed E-state index contributed by atoms with van der Waals surface area (Å²) in [7, 11) is 0. The van der Waals surface area contributed by atoms with Gasteiger partial charge >= 0.3 is 5.97 Å². The minimum Gasteiger partial charge on any atom is -0.482 e. The molecule has 4 nitrogen and oxygen atoms in total. The predicted molar refractivity (Wildman–Crippen MR) is 120 cm³/mol. The Morgan fingerprint density at radius 1 is 1.13 bits per heavy atom. The van der Waals surface area contributed by atoms with Gasteiger partial charge in [-0.05, 0) is 72.6 Å². The van der Waals surface area contributed by atoms with Gasteiger partial charge in [0.15, 0.2) is 6.61 Å². The van der Waals surface area contributed by atoms with E-state index in [9.17, 15) is 4.79 Å². The second-order valence-corrected chi connectivity index (χ2v) is 8.37. The molecule has 30 heavy (non-hydrogen) atoms.